The van der Waals surface area contributed by atoms with Gasteiger partial charge in [-0.15, -0.1) is 11.6 Å². The third-order valence-electron chi connectivity index (χ3n) is 2.50. The minimum absolute atomic E-state index is 0.321. The van der Waals surface area contributed by atoms with Gasteiger partial charge in [0, 0.05) is 6.07 Å². The van der Waals surface area contributed by atoms with Crippen LogP contribution in [0.4, 0.5) is 0 Å². The molecule has 2 rings (SSSR count). The molecule has 0 aromatic carbocycles. The lowest BCUT2D eigenvalue weighted by Crippen LogP contribution is -2.40. The van der Waals surface area contributed by atoms with Gasteiger partial charge in [0.1, 0.15) is 11.2 Å². The fourth-order valence-electron chi connectivity index (χ4n) is 1.55. The highest BCUT2D eigenvalue weighted by molar-refractivity contribution is 6.26. The summed E-state index contributed by atoms with van der Waals surface area (Å²) in [5.41, 5.74) is 6.60. The first kappa shape index (κ1) is 11.1. The van der Waals surface area contributed by atoms with Gasteiger partial charge >= 0.3 is 0 Å². The second-order valence-electron chi connectivity index (χ2n) is 3.48. The summed E-state index contributed by atoms with van der Waals surface area (Å²) in [6.07, 6.45) is 8.79. The molecular formula is C11H12ClN3O. The lowest BCUT2D eigenvalue weighted by Gasteiger charge is -2.29. The number of ether oxygens (including phenoxy) is 1. The minimum atomic E-state index is -0.828. The van der Waals surface area contributed by atoms with Crippen LogP contribution in [-0.4, -0.2) is 23.1 Å². The molecule has 84 valence electrons. The van der Waals surface area contributed by atoms with E-state index in [9.17, 15) is 0 Å². The van der Waals surface area contributed by atoms with Crippen LogP contribution in [0.15, 0.2) is 36.7 Å². The molecule has 0 saturated carbocycles. The van der Waals surface area contributed by atoms with E-state index in [1.807, 2.05) is 24.3 Å². The Bertz CT molecular complexity index is 447. The number of aromatic nitrogens is 2. The molecule has 0 aliphatic heterocycles. The van der Waals surface area contributed by atoms with Crippen LogP contribution in [0.25, 0.3) is 0 Å². The van der Waals surface area contributed by atoms with E-state index < -0.39 is 4.87 Å². The van der Waals surface area contributed by atoms with Crippen molar-refractivity contribution >= 4 is 11.6 Å². The highest BCUT2D eigenvalue weighted by Crippen LogP contribution is 2.35. The quantitative estimate of drug-likeness (QED) is 0.790. The summed E-state index contributed by atoms with van der Waals surface area (Å²) < 4.78 is 5.03. The molecular weight excluding hydrogens is 226 g/mol. The van der Waals surface area contributed by atoms with Gasteiger partial charge in [-0.3, -0.25) is 0 Å². The number of hydrogen-bond acceptors (Lipinski definition) is 4. The largest absolute Gasteiger partial charge is 0.481 e. The average Bonchev–Trinajstić information content (AvgIpc) is 2.33. The van der Waals surface area contributed by atoms with Crippen molar-refractivity contribution in [3.05, 3.63) is 42.4 Å². The predicted molar refractivity (Wildman–Crippen MR) is 62.4 cm³/mol. The van der Waals surface area contributed by atoms with E-state index in [2.05, 4.69) is 9.97 Å². The normalized spacial score (nSPS) is 28.1. The molecule has 0 radical (unpaired) electrons. The Morgan fingerprint density at radius 3 is 2.94 bits per heavy atom. The fourth-order valence-corrected chi connectivity index (χ4v) is 1.80. The molecule has 0 amide bonds. The Labute approximate surface area is 98.8 Å². The summed E-state index contributed by atoms with van der Waals surface area (Å²) in [6, 6.07) is 1.37. The van der Waals surface area contributed by atoms with Crippen LogP contribution in [0.3, 0.4) is 0 Å². The van der Waals surface area contributed by atoms with Gasteiger partial charge in [0.15, 0.2) is 0 Å². The number of rotatable bonds is 2. The summed E-state index contributed by atoms with van der Waals surface area (Å²) in [7, 11) is 1.55. The zero-order valence-corrected chi connectivity index (χ0v) is 9.56. The maximum atomic E-state index is 6.47. The van der Waals surface area contributed by atoms with Gasteiger partial charge in [-0.25, -0.2) is 9.97 Å². The number of allylic oxidation sites excluding steroid dienone is 2. The van der Waals surface area contributed by atoms with Gasteiger partial charge in [-0.05, 0) is 0 Å². The fraction of sp³-hybridized carbons (Fsp3) is 0.273. The molecule has 0 spiro atoms. The predicted octanol–water partition coefficient (Wildman–Crippen LogP) is 1.37. The monoisotopic (exact) mass is 237 g/mol. The lowest BCUT2D eigenvalue weighted by atomic mass is 9.91. The lowest BCUT2D eigenvalue weighted by molar-refractivity contribution is 0.394. The third kappa shape index (κ3) is 1.81. The van der Waals surface area contributed by atoms with Crippen LogP contribution in [0.2, 0.25) is 0 Å². The standard InChI is InChI=1S/C11H12ClN3O/c1-16-10-6-9(14-7-15-10)11(12)5-3-2-4-8(11)13/h2-8H,13H2,1H3. The molecule has 1 aromatic rings. The van der Waals surface area contributed by atoms with Crippen molar-refractivity contribution < 1.29 is 4.74 Å². The zero-order valence-electron chi connectivity index (χ0n) is 8.80. The van der Waals surface area contributed by atoms with Crippen molar-refractivity contribution in [1.29, 1.82) is 0 Å². The first-order chi connectivity index (χ1) is 7.66. The number of hydrogen-bond donors (Lipinski definition) is 1. The molecule has 4 nitrogen and oxygen atoms in total. The number of methoxy groups -OCH3 is 1. The van der Waals surface area contributed by atoms with Gasteiger partial charge in [-0.2, -0.15) is 0 Å². The van der Waals surface area contributed by atoms with E-state index in [0.29, 0.717) is 11.6 Å². The summed E-state index contributed by atoms with van der Waals surface area (Å²) in [6.45, 7) is 0. The van der Waals surface area contributed by atoms with Crippen molar-refractivity contribution in [3.63, 3.8) is 0 Å². The minimum Gasteiger partial charge on any atom is -0.481 e. The third-order valence-corrected chi connectivity index (χ3v) is 3.07. The highest BCUT2D eigenvalue weighted by atomic mass is 35.5. The van der Waals surface area contributed by atoms with Crippen LogP contribution < -0.4 is 10.5 Å². The Hall–Kier alpha value is -1.39. The van der Waals surface area contributed by atoms with E-state index in [4.69, 9.17) is 22.1 Å². The molecule has 2 N–H and O–H groups in total. The van der Waals surface area contributed by atoms with Gasteiger partial charge in [0.2, 0.25) is 5.88 Å². The van der Waals surface area contributed by atoms with Crippen molar-refractivity contribution in [3.8, 4) is 5.88 Å². The van der Waals surface area contributed by atoms with Crippen molar-refractivity contribution in [2.45, 2.75) is 10.9 Å². The average molecular weight is 238 g/mol. The first-order valence-electron chi connectivity index (χ1n) is 4.84. The molecule has 0 saturated heterocycles. The Morgan fingerprint density at radius 1 is 1.44 bits per heavy atom. The molecule has 0 fully saturated rings. The second kappa shape index (κ2) is 4.23. The smallest absolute Gasteiger partial charge is 0.216 e. The first-order valence-corrected chi connectivity index (χ1v) is 5.21. The summed E-state index contributed by atoms with van der Waals surface area (Å²) in [5, 5.41) is 0. The van der Waals surface area contributed by atoms with Crippen molar-refractivity contribution in [1.82, 2.24) is 9.97 Å². The number of nitrogens with two attached hydrogens (primary N) is 1. The Kier molecular flexibility index (Phi) is 2.94. The van der Waals surface area contributed by atoms with Crippen LogP contribution in [0.1, 0.15) is 5.69 Å². The van der Waals surface area contributed by atoms with Gasteiger partial charge in [0.05, 0.1) is 18.8 Å². The SMILES string of the molecule is COc1cc(C2(Cl)C=CC=CC2N)ncn1. The summed E-state index contributed by atoms with van der Waals surface area (Å²) >= 11 is 6.47. The van der Waals surface area contributed by atoms with Gasteiger partial charge in [-0.1, -0.05) is 24.3 Å². The maximum absolute atomic E-state index is 6.47. The van der Waals surface area contributed by atoms with Crippen LogP contribution in [0, 0.1) is 0 Å². The molecule has 0 bridgehead atoms. The summed E-state index contributed by atoms with van der Waals surface area (Å²) in [5.74, 6) is 0.472. The van der Waals surface area contributed by atoms with Crippen molar-refractivity contribution in [2.24, 2.45) is 5.73 Å². The van der Waals surface area contributed by atoms with E-state index in [0.717, 1.165) is 0 Å². The summed E-state index contributed by atoms with van der Waals surface area (Å²) in [4.78, 5) is 7.25. The molecule has 5 heteroatoms. The second-order valence-corrected chi connectivity index (χ2v) is 4.11. The number of halogens is 1. The number of alkyl halides is 1. The molecule has 1 aliphatic carbocycles. The van der Waals surface area contributed by atoms with Crippen LogP contribution >= 0.6 is 11.6 Å². The van der Waals surface area contributed by atoms with E-state index in [1.54, 1.807) is 13.2 Å². The number of nitrogens with zero attached hydrogens (tertiary/aromatic N) is 2. The Balaban J connectivity index is 2.42. The van der Waals surface area contributed by atoms with E-state index in [1.165, 1.54) is 6.33 Å². The molecule has 2 atom stereocenters. The van der Waals surface area contributed by atoms with E-state index >= 15 is 0 Å². The molecule has 1 aromatic heterocycles. The zero-order chi connectivity index (χ0) is 11.6. The molecule has 1 aliphatic rings. The topological polar surface area (TPSA) is 61.0 Å². The van der Waals surface area contributed by atoms with Crippen LogP contribution in [0.5, 0.6) is 5.88 Å². The van der Waals surface area contributed by atoms with Crippen LogP contribution in [-0.2, 0) is 4.87 Å². The van der Waals surface area contributed by atoms with E-state index in [-0.39, 0.29) is 6.04 Å². The molecule has 16 heavy (non-hydrogen) atoms. The highest BCUT2D eigenvalue weighted by Gasteiger charge is 2.35. The molecule has 2 unspecified atom stereocenters. The molecule has 1 heterocycles. The van der Waals surface area contributed by atoms with Gasteiger partial charge in [0.25, 0.3) is 0 Å². The maximum Gasteiger partial charge on any atom is 0.216 e. The van der Waals surface area contributed by atoms with Crippen molar-refractivity contribution in [2.75, 3.05) is 7.11 Å². The Morgan fingerprint density at radius 2 is 2.25 bits per heavy atom. The van der Waals surface area contributed by atoms with Gasteiger partial charge < -0.3 is 10.5 Å².